The van der Waals surface area contributed by atoms with E-state index >= 15 is 0 Å². The summed E-state index contributed by atoms with van der Waals surface area (Å²) in [6.45, 7) is 6.01. The Morgan fingerprint density at radius 1 is 1.33 bits per heavy atom. The topological polar surface area (TPSA) is 9.23 Å². The van der Waals surface area contributed by atoms with Crippen LogP contribution in [0, 0.1) is 5.92 Å². The molecule has 1 unspecified atom stereocenters. The Morgan fingerprint density at radius 2 is 2.07 bits per heavy atom. The highest BCUT2D eigenvalue weighted by Crippen LogP contribution is 2.17. The van der Waals surface area contributed by atoms with E-state index in [0.717, 1.165) is 11.1 Å². The summed E-state index contributed by atoms with van der Waals surface area (Å²) in [7, 11) is 0. The van der Waals surface area contributed by atoms with Gasteiger partial charge >= 0.3 is 0 Å². The molecular weight excluding hydrogens is 252 g/mol. The van der Waals surface area contributed by atoms with Gasteiger partial charge in [-0.15, -0.1) is 0 Å². The fraction of sp³-hybridized carbons (Fsp3) is 0.538. The molecule has 0 radical (unpaired) electrons. The molecule has 1 nitrogen and oxygen atoms in total. The second-order valence-electron chi connectivity index (χ2n) is 4.00. The molecule has 1 atom stereocenters. The van der Waals surface area contributed by atoms with Gasteiger partial charge in [-0.3, -0.25) is 0 Å². The number of halogens is 1. The smallest absolute Gasteiger partial charge is 0.0727 e. The highest BCUT2D eigenvalue weighted by atomic mass is 79.9. The van der Waals surface area contributed by atoms with Crippen LogP contribution in [0.4, 0.5) is 0 Å². The summed E-state index contributed by atoms with van der Waals surface area (Å²) in [5, 5.41) is 0. The van der Waals surface area contributed by atoms with Crippen LogP contribution in [-0.4, -0.2) is 6.61 Å². The lowest BCUT2D eigenvalue weighted by Crippen LogP contribution is -2.05. The summed E-state index contributed by atoms with van der Waals surface area (Å²) in [5.41, 5.74) is 1.22. The molecule has 0 fully saturated rings. The molecule has 1 aromatic carbocycles. The van der Waals surface area contributed by atoms with Crippen molar-refractivity contribution in [1.29, 1.82) is 0 Å². The highest BCUT2D eigenvalue weighted by Gasteiger charge is 2.02. The molecule has 84 valence electrons. The van der Waals surface area contributed by atoms with Crippen molar-refractivity contribution < 1.29 is 4.74 Å². The van der Waals surface area contributed by atoms with Crippen LogP contribution in [0.5, 0.6) is 0 Å². The number of rotatable bonds is 6. The van der Waals surface area contributed by atoms with Gasteiger partial charge in [0, 0.05) is 11.1 Å². The van der Waals surface area contributed by atoms with Crippen LogP contribution in [0.1, 0.15) is 32.3 Å². The normalized spacial score (nSPS) is 12.7. The lowest BCUT2D eigenvalue weighted by molar-refractivity contribution is 0.0890. The van der Waals surface area contributed by atoms with Crippen LogP contribution >= 0.6 is 15.9 Å². The van der Waals surface area contributed by atoms with Gasteiger partial charge in [0.25, 0.3) is 0 Å². The van der Waals surface area contributed by atoms with Gasteiger partial charge in [-0.2, -0.15) is 0 Å². The third-order valence-corrected chi connectivity index (χ3v) is 3.17. The molecule has 0 bridgehead atoms. The summed E-state index contributed by atoms with van der Waals surface area (Å²) in [6.07, 6.45) is 2.48. The standard InChI is InChI=1S/C13H19BrO/c1-3-6-11(2)9-15-10-12-7-4-5-8-13(12)14/h4-5,7-8,11H,3,6,9-10H2,1-2H3. The van der Waals surface area contributed by atoms with Gasteiger partial charge in [-0.05, 0) is 24.0 Å². The molecule has 1 aromatic rings. The fourth-order valence-electron chi connectivity index (χ4n) is 1.56. The molecule has 0 aliphatic heterocycles. The summed E-state index contributed by atoms with van der Waals surface area (Å²) < 4.78 is 6.82. The van der Waals surface area contributed by atoms with Gasteiger partial charge in [-0.25, -0.2) is 0 Å². The fourth-order valence-corrected chi connectivity index (χ4v) is 1.96. The average molecular weight is 271 g/mol. The van der Waals surface area contributed by atoms with Crippen LogP contribution in [0.25, 0.3) is 0 Å². The van der Waals surface area contributed by atoms with E-state index < -0.39 is 0 Å². The Kier molecular flexibility index (Phi) is 5.96. The van der Waals surface area contributed by atoms with Crippen LogP contribution < -0.4 is 0 Å². The van der Waals surface area contributed by atoms with Crippen LogP contribution in [0.15, 0.2) is 28.7 Å². The molecule has 0 spiro atoms. The molecule has 0 saturated carbocycles. The lowest BCUT2D eigenvalue weighted by Gasteiger charge is -2.11. The first kappa shape index (κ1) is 12.7. The molecule has 0 aliphatic rings. The van der Waals surface area contributed by atoms with E-state index in [1.807, 2.05) is 18.2 Å². The van der Waals surface area contributed by atoms with Gasteiger partial charge in [0.15, 0.2) is 0 Å². The molecule has 15 heavy (non-hydrogen) atoms. The Hall–Kier alpha value is -0.340. The predicted octanol–water partition coefficient (Wildman–Crippen LogP) is 4.40. The third-order valence-electron chi connectivity index (χ3n) is 2.40. The molecule has 0 saturated heterocycles. The average Bonchev–Trinajstić information content (AvgIpc) is 2.21. The van der Waals surface area contributed by atoms with E-state index in [9.17, 15) is 0 Å². The van der Waals surface area contributed by atoms with Crippen molar-refractivity contribution in [3.8, 4) is 0 Å². The molecule has 0 N–H and O–H groups in total. The quantitative estimate of drug-likeness (QED) is 0.745. The number of ether oxygens (including phenoxy) is 1. The molecule has 2 heteroatoms. The highest BCUT2D eigenvalue weighted by molar-refractivity contribution is 9.10. The van der Waals surface area contributed by atoms with E-state index in [1.165, 1.54) is 18.4 Å². The maximum atomic E-state index is 5.68. The van der Waals surface area contributed by atoms with Gasteiger partial charge in [0.1, 0.15) is 0 Å². The van der Waals surface area contributed by atoms with Gasteiger partial charge in [0.2, 0.25) is 0 Å². The van der Waals surface area contributed by atoms with Crippen LogP contribution in [-0.2, 0) is 11.3 Å². The molecule has 1 rings (SSSR count). The van der Waals surface area contributed by atoms with E-state index in [4.69, 9.17) is 4.74 Å². The Balaban J connectivity index is 2.29. The SMILES string of the molecule is CCCC(C)COCc1ccccc1Br. The van der Waals surface area contributed by atoms with Crippen molar-refractivity contribution in [2.24, 2.45) is 5.92 Å². The molecule has 0 heterocycles. The van der Waals surface area contributed by atoms with Gasteiger partial charge in [-0.1, -0.05) is 54.4 Å². The van der Waals surface area contributed by atoms with Crippen molar-refractivity contribution in [2.75, 3.05) is 6.61 Å². The number of hydrogen-bond acceptors (Lipinski definition) is 1. The monoisotopic (exact) mass is 270 g/mol. The summed E-state index contributed by atoms with van der Waals surface area (Å²) >= 11 is 3.51. The van der Waals surface area contributed by atoms with Gasteiger partial charge in [0.05, 0.1) is 6.61 Å². The maximum Gasteiger partial charge on any atom is 0.0727 e. The largest absolute Gasteiger partial charge is 0.376 e. The van der Waals surface area contributed by atoms with Gasteiger partial charge < -0.3 is 4.74 Å². The van der Waals surface area contributed by atoms with Crippen molar-refractivity contribution >= 4 is 15.9 Å². The minimum atomic E-state index is 0.664. The zero-order valence-electron chi connectivity index (χ0n) is 9.50. The zero-order valence-corrected chi connectivity index (χ0v) is 11.1. The minimum Gasteiger partial charge on any atom is -0.376 e. The van der Waals surface area contributed by atoms with Crippen LogP contribution in [0.3, 0.4) is 0 Å². The van der Waals surface area contributed by atoms with E-state index in [1.54, 1.807) is 0 Å². The van der Waals surface area contributed by atoms with E-state index in [-0.39, 0.29) is 0 Å². The van der Waals surface area contributed by atoms with Crippen molar-refractivity contribution in [3.05, 3.63) is 34.3 Å². The first-order valence-corrected chi connectivity index (χ1v) is 6.34. The van der Waals surface area contributed by atoms with Crippen molar-refractivity contribution in [2.45, 2.75) is 33.3 Å². The summed E-state index contributed by atoms with van der Waals surface area (Å²) in [5.74, 6) is 0.664. The maximum absolute atomic E-state index is 5.68. The van der Waals surface area contributed by atoms with Crippen LogP contribution in [0.2, 0.25) is 0 Å². The number of hydrogen-bond donors (Lipinski definition) is 0. The van der Waals surface area contributed by atoms with Crippen molar-refractivity contribution in [1.82, 2.24) is 0 Å². The van der Waals surface area contributed by atoms with Crippen molar-refractivity contribution in [3.63, 3.8) is 0 Å². The second kappa shape index (κ2) is 7.02. The molecule has 0 amide bonds. The molecular formula is C13H19BrO. The predicted molar refractivity (Wildman–Crippen MR) is 67.9 cm³/mol. The Morgan fingerprint density at radius 3 is 2.73 bits per heavy atom. The van der Waals surface area contributed by atoms with E-state index in [0.29, 0.717) is 12.5 Å². The first-order chi connectivity index (χ1) is 7.24. The molecule has 0 aliphatic carbocycles. The zero-order chi connectivity index (χ0) is 11.1. The Bertz CT molecular complexity index is 286. The third kappa shape index (κ3) is 4.80. The summed E-state index contributed by atoms with van der Waals surface area (Å²) in [6, 6.07) is 8.20. The minimum absolute atomic E-state index is 0.664. The first-order valence-electron chi connectivity index (χ1n) is 5.55. The second-order valence-corrected chi connectivity index (χ2v) is 4.85. The molecule has 0 aromatic heterocycles. The number of benzene rings is 1. The Labute approximate surface area is 101 Å². The van der Waals surface area contributed by atoms with E-state index in [2.05, 4.69) is 35.8 Å². The summed E-state index contributed by atoms with van der Waals surface area (Å²) in [4.78, 5) is 0. The lowest BCUT2D eigenvalue weighted by atomic mass is 10.1.